The predicted molar refractivity (Wildman–Crippen MR) is 93.6 cm³/mol. The summed E-state index contributed by atoms with van der Waals surface area (Å²) in [5.74, 6) is 1.16. The van der Waals surface area contributed by atoms with E-state index in [-0.39, 0.29) is 19.2 Å². The van der Waals surface area contributed by atoms with Crippen LogP contribution in [0.3, 0.4) is 0 Å². The molecule has 2 aromatic carbocycles. The van der Waals surface area contributed by atoms with Gasteiger partial charge >= 0.3 is 0 Å². The van der Waals surface area contributed by atoms with Gasteiger partial charge in [0.15, 0.2) is 11.5 Å². The molecule has 0 spiro atoms. The van der Waals surface area contributed by atoms with Crippen LogP contribution >= 0.6 is 0 Å². The van der Waals surface area contributed by atoms with Gasteiger partial charge in [0, 0.05) is 5.56 Å². The molecule has 2 aromatic rings. The highest BCUT2D eigenvalue weighted by atomic mass is 16.7. The van der Waals surface area contributed by atoms with Gasteiger partial charge in [-0.05, 0) is 48.0 Å². The Balaban J connectivity index is 1.45. The smallest absolute Gasteiger partial charge is 0.259 e. The maximum Gasteiger partial charge on any atom is 0.259 e. The number of carbonyl (C=O) groups is 2. The zero-order valence-electron chi connectivity index (χ0n) is 14.0. The van der Waals surface area contributed by atoms with E-state index in [1.807, 2.05) is 0 Å². The van der Waals surface area contributed by atoms with Crippen molar-refractivity contribution >= 4 is 18.0 Å². The van der Waals surface area contributed by atoms with Crippen molar-refractivity contribution in [3.8, 4) is 17.2 Å². The molecular weight excluding hydrogens is 338 g/mol. The van der Waals surface area contributed by atoms with Crippen LogP contribution in [0, 0.1) is 0 Å². The summed E-state index contributed by atoms with van der Waals surface area (Å²) in [6.07, 6.45) is 1.48. The van der Waals surface area contributed by atoms with Crippen LogP contribution in [0.5, 0.6) is 17.2 Å². The third kappa shape index (κ3) is 4.29. The van der Waals surface area contributed by atoms with Crippen molar-refractivity contribution in [3.63, 3.8) is 0 Å². The Morgan fingerprint density at radius 3 is 2.69 bits per heavy atom. The van der Waals surface area contributed by atoms with Crippen LogP contribution < -0.4 is 25.0 Å². The molecule has 0 aromatic heterocycles. The molecule has 8 nitrogen and oxygen atoms in total. The van der Waals surface area contributed by atoms with Gasteiger partial charge in [0.25, 0.3) is 11.8 Å². The van der Waals surface area contributed by atoms with Crippen molar-refractivity contribution in [3.05, 3.63) is 53.6 Å². The Morgan fingerprint density at radius 1 is 1.15 bits per heavy atom. The van der Waals surface area contributed by atoms with E-state index in [1.54, 1.807) is 49.6 Å². The summed E-state index contributed by atoms with van der Waals surface area (Å²) in [5.41, 5.74) is 3.53. The van der Waals surface area contributed by atoms with E-state index in [1.165, 1.54) is 6.21 Å². The van der Waals surface area contributed by atoms with Crippen molar-refractivity contribution in [1.82, 2.24) is 10.7 Å². The van der Waals surface area contributed by atoms with Crippen molar-refractivity contribution in [2.75, 3.05) is 20.4 Å². The average Bonchev–Trinajstić information content (AvgIpc) is 3.14. The van der Waals surface area contributed by atoms with Crippen molar-refractivity contribution < 1.29 is 23.8 Å². The van der Waals surface area contributed by atoms with Crippen LogP contribution in [0.25, 0.3) is 0 Å². The molecule has 0 atom stereocenters. The van der Waals surface area contributed by atoms with Gasteiger partial charge in [-0.1, -0.05) is 0 Å². The van der Waals surface area contributed by atoms with Gasteiger partial charge in [0.2, 0.25) is 6.79 Å². The van der Waals surface area contributed by atoms with E-state index in [2.05, 4.69) is 15.8 Å². The molecule has 0 saturated carbocycles. The molecule has 1 heterocycles. The highest BCUT2D eigenvalue weighted by Gasteiger charge is 2.12. The monoisotopic (exact) mass is 355 g/mol. The Morgan fingerprint density at radius 2 is 1.92 bits per heavy atom. The SMILES string of the molecule is COc1ccc(C(=O)NCC(=O)NN=Cc2ccc3c(c2)OCO3)cc1. The fourth-order valence-electron chi connectivity index (χ4n) is 2.22. The number of rotatable bonds is 6. The quantitative estimate of drug-likeness (QED) is 0.601. The lowest BCUT2D eigenvalue weighted by Crippen LogP contribution is -2.34. The summed E-state index contributed by atoms with van der Waals surface area (Å²) < 4.78 is 15.5. The summed E-state index contributed by atoms with van der Waals surface area (Å²) >= 11 is 0. The molecule has 0 unspecified atom stereocenters. The lowest BCUT2D eigenvalue weighted by atomic mass is 10.2. The van der Waals surface area contributed by atoms with Gasteiger partial charge in [0.05, 0.1) is 19.9 Å². The summed E-state index contributed by atoms with van der Waals surface area (Å²) in [5, 5.41) is 6.37. The first-order valence-corrected chi connectivity index (χ1v) is 7.79. The highest BCUT2D eigenvalue weighted by Crippen LogP contribution is 2.31. The average molecular weight is 355 g/mol. The van der Waals surface area contributed by atoms with Gasteiger partial charge in [-0.15, -0.1) is 0 Å². The predicted octanol–water partition coefficient (Wildman–Crippen LogP) is 1.30. The number of amides is 2. The number of hydrogen-bond acceptors (Lipinski definition) is 6. The first-order valence-electron chi connectivity index (χ1n) is 7.79. The zero-order chi connectivity index (χ0) is 18.4. The van der Waals surface area contributed by atoms with Crippen LogP contribution in [-0.2, 0) is 4.79 Å². The van der Waals surface area contributed by atoms with Crippen LogP contribution in [-0.4, -0.2) is 38.5 Å². The topological polar surface area (TPSA) is 98.2 Å². The molecule has 1 aliphatic rings. The number of methoxy groups -OCH3 is 1. The Hall–Kier alpha value is -3.55. The fraction of sp³-hybridized carbons (Fsp3) is 0.167. The minimum atomic E-state index is -0.441. The second-order valence-electron chi connectivity index (χ2n) is 5.32. The van der Waals surface area contributed by atoms with E-state index >= 15 is 0 Å². The number of nitrogens with zero attached hydrogens (tertiary/aromatic N) is 1. The third-order valence-electron chi connectivity index (χ3n) is 3.56. The fourth-order valence-corrected chi connectivity index (χ4v) is 2.22. The minimum Gasteiger partial charge on any atom is -0.497 e. The van der Waals surface area contributed by atoms with Gasteiger partial charge in [-0.25, -0.2) is 5.43 Å². The molecule has 8 heteroatoms. The Bertz CT molecular complexity index is 833. The Labute approximate surface area is 149 Å². The van der Waals surface area contributed by atoms with Gasteiger partial charge in [-0.2, -0.15) is 5.10 Å². The number of hydrogen-bond donors (Lipinski definition) is 2. The second-order valence-corrected chi connectivity index (χ2v) is 5.32. The summed E-state index contributed by atoms with van der Waals surface area (Å²) in [6, 6.07) is 11.9. The maximum atomic E-state index is 12.0. The van der Waals surface area contributed by atoms with Crippen molar-refractivity contribution in [1.29, 1.82) is 0 Å². The van der Waals surface area contributed by atoms with Gasteiger partial charge in [0.1, 0.15) is 5.75 Å². The molecule has 0 fully saturated rings. The number of nitrogens with one attached hydrogen (secondary N) is 2. The lowest BCUT2D eigenvalue weighted by molar-refractivity contribution is -0.120. The van der Waals surface area contributed by atoms with Gasteiger partial charge in [-0.3, -0.25) is 9.59 Å². The molecule has 0 saturated heterocycles. The number of carbonyl (C=O) groups excluding carboxylic acids is 2. The standard InChI is InChI=1S/C18H17N3O5/c1-24-14-5-3-13(4-6-14)18(23)19-10-17(22)21-20-9-12-2-7-15-16(8-12)26-11-25-15/h2-9H,10-11H2,1H3,(H,19,23)(H,21,22). The molecule has 1 aliphatic heterocycles. The molecule has 0 aliphatic carbocycles. The first-order chi connectivity index (χ1) is 12.7. The number of fused-ring (bicyclic) bond motifs is 1. The van der Waals surface area contributed by atoms with E-state index in [9.17, 15) is 9.59 Å². The van der Waals surface area contributed by atoms with Crippen LogP contribution in [0.2, 0.25) is 0 Å². The van der Waals surface area contributed by atoms with Crippen molar-refractivity contribution in [2.45, 2.75) is 0 Å². The maximum absolute atomic E-state index is 12.0. The van der Waals surface area contributed by atoms with Crippen LogP contribution in [0.15, 0.2) is 47.6 Å². The van der Waals surface area contributed by atoms with Crippen molar-refractivity contribution in [2.24, 2.45) is 5.10 Å². The van der Waals surface area contributed by atoms with E-state index in [4.69, 9.17) is 14.2 Å². The molecule has 134 valence electrons. The molecule has 0 radical (unpaired) electrons. The lowest BCUT2D eigenvalue weighted by Gasteiger charge is -2.05. The molecule has 3 rings (SSSR count). The van der Waals surface area contributed by atoms with Crippen LogP contribution in [0.4, 0.5) is 0 Å². The number of ether oxygens (including phenoxy) is 3. The van der Waals surface area contributed by atoms with Crippen LogP contribution in [0.1, 0.15) is 15.9 Å². The normalized spacial score (nSPS) is 12.0. The molecular formula is C18H17N3O5. The minimum absolute atomic E-state index is 0.191. The number of hydrazone groups is 1. The summed E-state index contributed by atoms with van der Waals surface area (Å²) in [6.45, 7) is 0.00387. The largest absolute Gasteiger partial charge is 0.497 e. The summed E-state index contributed by atoms with van der Waals surface area (Å²) in [4.78, 5) is 23.7. The van der Waals surface area contributed by atoms with E-state index in [0.29, 0.717) is 22.8 Å². The van der Waals surface area contributed by atoms with E-state index < -0.39 is 5.91 Å². The molecule has 0 bridgehead atoms. The second kappa shape index (κ2) is 8.02. The molecule has 26 heavy (non-hydrogen) atoms. The highest BCUT2D eigenvalue weighted by molar-refractivity contribution is 5.96. The van der Waals surface area contributed by atoms with Gasteiger partial charge < -0.3 is 19.5 Å². The summed E-state index contributed by atoms with van der Waals surface area (Å²) in [7, 11) is 1.55. The zero-order valence-corrected chi connectivity index (χ0v) is 14.0. The number of benzene rings is 2. The van der Waals surface area contributed by atoms with E-state index in [0.717, 1.165) is 5.56 Å². The first kappa shape index (κ1) is 17.3. The third-order valence-corrected chi connectivity index (χ3v) is 3.56. The Kier molecular flexibility index (Phi) is 5.33. The molecule has 2 N–H and O–H groups in total. The molecule has 2 amide bonds.